The summed E-state index contributed by atoms with van der Waals surface area (Å²) in [7, 11) is 0. The Morgan fingerprint density at radius 2 is 0.844 bits per heavy atom. The van der Waals surface area contributed by atoms with Crippen LogP contribution in [-0.4, -0.2) is 0 Å². The second-order valence-electron chi connectivity index (χ2n) is 10.9. The Hall–Kier alpha value is -1.76. The number of para-hydroxylation sites is 2. The average Bonchev–Trinajstić information content (AvgIpc) is 3.12. The van der Waals surface area contributed by atoms with Gasteiger partial charge in [0.05, 0.1) is 0 Å². The highest BCUT2D eigenvalue weighted by molar-refractivity contribution is 6.04. The second kappa shape index (κ2) is 14.4. The minimum absolute atomic E-state index is 0.883. The van der Waals surface area contributed by atoms with Crippen LogP contribution in [0.1, 0.15) is 99.3 Å². The van der Waals surface area contributed by atoms with Gasteiger partial charge in [0.25, 0.3) is 0 Å². The lowest BCUT2D eigenvalue weighted by Gasteiger charge is -2.15. The molecule has 0 N–H and O–H groups in total. The molecule has 1 aromatic heterocycles. The van der Waals surface area contributed by atoms with Crippen molar-refractivity contribution in [3.05, 3.63) is 48.5 Å². The number of hydrogen-bond acceptors (Lipinski definition) is 1. The van der Waals surface area contributed by atoms with Gasteiger partial charge in [-0.15, -0.1) is 0 Å². The maximum Gasteiger partial charge on any atom is 0.135 e. The lowest BCUT2D eigenvalue weighted by Crippen LogP contribution is -2.00. The first-order chi connectivity index (χ1) is 15.4. The minimum Gasteiger partial charge on any atom is -0.456 e. The maximum absolute atomic E-state index is 5.65. The predicted octanol–water partition coefficient (Wildman–Crippen LogP) is 10.7. The van der Waals surface area contributed by atoms with E-state index in [0.717, 1.165) is 34.8 Å². The van der Waals surface area contributed by atoms with Crippen molar-refractivity contribution in [1.82, 2.24) is 0 Å². The molecule has 0 amide bonds. The SMILES string of the molecule is CC(C)CCCC(C)CCCC(C)CCCC(C)C.c1ccc2c(c1)oc1ccccc12. The van der Waals surface area contributed by atoms with Gasteiger partial charge in [0.15, 0.2) is 0 Å². The van der Waals surface area contributed by atoms with Crippen LogP contribution < -0.4 is 0 Å². The zero-order valence-corrected chi connectivity index (χ0v) is 21.7. The molecule has 32 heavy (non-hydrogen) atoms. The van der Waals surface area contributed by atoms with Gasteiger partial charge >= 0.3 is 0 Å². The van der Waals surface area contributed by atoms with Crippen molar-refractivity contribution >= 4 is 21.9 Å². The van der Waals surface area contributed by atoms with Crippen LogP contribution in [0.5, 0.6) is 0 Å². The Balaban J connectivity index is 0.000000239. The average molecular weight is 437 g/mol. The van der Waals surface area contributed by atoms with Crippen LogP contribution in [0.25, 0.3) is 21.9 Å². The van der Waals surface area contributed by atoms with Crippen LogP contribution >= 0.6 is 0 Å². The largest absolute Gasteiger partial charge is 0.456 e. The van der Waals surface area contributed by atoms with Crippen LogP contribution in [0.4, 0.5) is 0 Å². The first kappa shape index (κ1) is 26.5. The van der Waals surface area contributed by atoms with Crippen molar-refractivity contribution in [3.63, 3.8) is 0 Å². The Morgan fingerprint density at radius 1 is 0.500 bits per heavy atom. The van der Waals surface area contributed by atoms with E-state index in [4.69, 9.17) is 4.42 Å². The van der Waals surface area contributed by atoms with Crippen LogP contribution in [-0.2, 0) is 0 Å². The summed E-state index contributed by atoms with van der Waals surface area (Å²) in [6.07, 6.45) is 12.9. The summed E-state index contributed by atoms with van der Waals surface area (Å²) in [6, 6.07) is 16.2. The molecule has 0 aliphatic heterocycles. The molecule has 0 saturated heterocycles. The molecule has 0 fully saturated rings. The highest BCUT2D eigenvalue weighted by Gasteiger charge is 2.07. The van der Waals surface area contributed by atoms with Crippen LogP contribution in [0.3, 0.4) is 0 Å². The summed E-state index contributed by atoms with van der Waals surface area (Å²) in [6.45, 7) is 14.2. The molecule has 1 heteroatoms. The van der Waals surface area contributed by atoms with Gasteiger partial charge < -0.3 is 4.42 Å². The zero-order chi connectivity index (χ0) is 23.3. The molecule has 2 aromatic carbocycles. The molecule has 0 bridgehead atoms. The fraction of sp³-hybridized carbons (Fsp3) is 0.613. The van der Waals surface area contributed by atoms with Gasteiger partial charge in [-0.1, -0.05) is 136 Å². The number of benzene rings is 2. The summed E-state index contributed by atoms with van der Waals surface area (Å²) < 4.78 is 5.65. The molecule has 1 nitrogen and oxygen atoms in total. The lowest BCUT2D eigenvalue weighted by atomic mass is 9.91. The summed E-state index contributed by atoms with van der Waals surface area (Å²) in [5, 5.41) is 2.39. The molecule has 1 heterocycles. The molecule has 0 saturated carbocycles. The summed E-state index contributed by atoms with van der Waals surface area (Å²) in [5.41, 5.74) is 1.92. The highest BCUT2D eigenvalue weighted by atomic mass is 16.3. The molecule has 2 unspecified atom stereocenters. The quantitative estimate of drug-likeness (QED) is 0.275. The first-order valence-corrected chi connectivity index (χ1v) is 13.2. The van der Waals surface area contributed by atoms with Crippen molar-refractivity contribution in [2.45, 2.75) is 99.3 Å². The topological polar surface area (TPSA) is 13.1 Å². The third-order valence-electron chi connectivity index (χ3n) is 6.63. The molecular weight excluding hydrogens is 388 g/mol. The zero-order valence-electron chi connectivity index (χ0n) is 21.7. The molecule has 0 aliphatic carbocycles. The maximum atomic E-state index is 5.65. The smallest absolute Gasteiger partial charge is 0.135 e. The minimum atomic E-state index is 0.883. The van der Waals surface area contributed by atoms with Gasteiger partial charge in [-0.3, -0.25) is 0 Å². The van der Waals surface area contributed by atoms with Crippen molar-refractivity contribution in [2.24, 2.45) is 23.7 Å². The van der Waals surface area contributed by atoms with E-state index < -0.39 is 0 Å². The van der Waals surface area contributed by atoms with Crippen LogP contribution in [0, 0.1) is 23.7 Å². The first-order valence-electron chi connectivity index (χ1n) is 13.2. The Morgan fingerprint density at radius 3 is 1.22 bits per heavy atom. The summed E-state index contributed by atoms with van der Waals surface area (Å²) in [5.74, 6) is 3.66. The van der Waals surface area contributed by atoms with Gasteiger partial charge in [-0.2, -0.15) is 0 Å². The fourth-order valence-corrected chi connectivity index (χ4v) is 4.53. The molecule has 3 aromatic rings. The van der Waals surface area contributed by atoms with E-state index in [1.807, 2.05) is 36.4 Å². The molecule has 0 radical (unpaired) electrons. The van der Waals surface area contributed by atoms with Gasteiger partial charge in [0.1, 0.15) is 11.2 Å². The van der Waals surface area contributed by atoms with Crippen LogP contribution in [0.15, 0.2) is 52.9 Å². The summed E-state index contributed by atoms with van der Waals surface area (Å²) >= 11 is 0. The van der Waals surface area contributed by atoms with Crippen molar-refractivity contribution in [1.29, 1.82) is 0 Å². The van der Waals surface area contributed by atoms with E-state index in [1.54, 1.807) is 0 Å². The molecular formula is C31H48O. The van der Waals surface area contributed by atoms with Crippen molar-refractivity contribution in [2.75, 3.05) is 0 Å². The van der Waals surface area contributed by atoms with E-state index in [2.05, 4.69) is 53.7 Å². The third-order valence-corrected chi connectivity index (χ3v) is 6.63. The normalized spacial score (nSPS) is 13.5. The Labute approximate surface area is 198 Å². The van der Waals surface area contributed by atoms with Gasteiger partial charge in [0, 0.05) is 10.8 Å². The van der Waals surface area contributed by atoms with E-state index in [0.29, 0.717) is 0 Å². The van der Waals surface area contributed by atoms with Crippen LogP contribution in [0.2, 0.25) is 0 Å². The number of hydrogen-bond donors (Lipinski definition) is 0. The molecule has 0 aliphatic rings. The molecule has 2 atom stereocenters. The predicted molar refractivity (Wildman–Crippen MR) is 143 cm³/mol. The molecule has 0 spiro atoms. The lowest BCUT2D eigenvalue weighted by molar-refractivity contribution is 0.381. The number of rotatable bonds is 12. The number of furan rings is 1. The van der Waals surface area contributed by atoms with E-state index in [-0.39, 0.29) is 0 Å². The number of fused-ring (bicyclic) bond motifs is 3. The van der Waals surface area contributed by atoms with Crippen molar-refractivity contribution < 1.29 is 4.42 Å². The van der Waals surface area contributed by atoms with E-state index in [9.17, 15) is 0 Å². The highest BCUT2D eigenvalue weighted by Crippen LogP contribution is 2.27. The van der Waals surface area contributed by atoms with Gasteiger partial charge in [-0.05, 0) is 35.8 Å². The van der Waals surface area contributed by atoms with Gasteiger partial charge in [-0.25, -0.2) is 0 Å². The monoisotopic (exact) mass is 436 g/mol. The van der Waals surface area contributed by atoms with Crippen molar-refractivity contribution in [3.8, 4) is 0 Å². The van der Waals surface area contributed by atoms with Gasteiger partial charge in [0.2, 0.25) is 0 Å². The van der Waals surface area contributed by atoms with E-state index in [1.165, 1.54) is 68.6 Å². The third kappa shape index (κ3) is 9.80. The Bertz CT molecular complexity index is 802. The fourth-order valence-electron chi connectivity index (χ4n) is 4.53. The molecule has 3 rings (SSSR count). The summed E-state index contributed by atoms with van der Waals surface area (Å²) in [4.78, 5) is 0. The standard InChI is InChI=1S/C19H40.C12H8O/c1-16(2)10-7-12-18(5)14-9-15-19(6)13-8-11-17(3)4;1-3-7-11-9(5-1)10-6-2-4-8-12(10)13-11/h16-19H,7-15H2,1-6H3;1-8H. The molecule has 178 valence electrons. The van der Waals surface area contributed by atoms with E-state index >= 15 is 0 Å². The Kier molecular flexibility index (Phi) is 11.9. The second-order valence-corrected chi connectivity index (χ2v) is 10.9.